The summed E-state index contributed by atoms with van der Waals surface area (Å²) in [7, 11) is 1.62. The van der Waals surface area contributed by atoms with Gasteiger partial charge in [-0.2, -0.15) is 5.26 Å². The fourth-order valence-corrected chi connectivity index (χ4v) is 4.56. The lowest BCUT2D eigenvalue weighted by Crippen LogP contribution is -2.13. The number of carbonyl (C=O) groups excluding carboxylic acids is 1. The summed E-state index contributed by atoms with van der Waals surface area (Å²) in [6.45, 7) is 2.02. The maximum atomic E-state index is 12.4. The Hall–Kier alpha value is -3.86. The van der Waals surface area contributed by atoms with Crippen molar-refractivity contribution < 1.29 is 9.53 Å². The number of methoxy groups -OCH3 is 1. The Morgan fingerprint density at radius 3 is 2.44 bits per heavy atom. The smallest absolute Gasteiger partial charge is 0.226 e. The highest BCUT2D eigenvalue weighted by Crippen LogP contribution is 2.35. The van der Waals surface area contributed by atoms with Gasteiger partial charge in [0.15, 0.2) is 0 Å². The van der Waals surface area contributed by atoms with Crippen LogP contribution in [0.5, 0.6) is 5.75 Å². The third-order valence-electron chi connectivity index (χ3n) is 5.41. The van der Waals surface area contributed by atoms with E-state index in [0.29, 0.717) is 27.2 Å². The number of aryl methyl sites for hydroxylation is 1. The van der Waals surface area contributed by atoms with Crippen LogP contribution in [0.25, 0.3) is 22.4 Å². The number of halogens is 1. The molecule has 0 fully saturated rings. The second kappa shape index (κ2) is 11.7. The largest absolute Gasteiger partial charge is 0.497 e. The highest BCUT2D eigenvalue weighted by molar-refractivity contribution is 7.99. The Bertz CT molecular complexity index is 1400. The minimum atomic E-state index is -0.180. The molecule has 6 nitrogen and oxygen atoms in total. The number of benzene rings is 2. The topological polar surface area (TPSA) is 87.9 Å². The molecule has 180 valence electrons. The van der Waals surface area contributed by atoms with Gasteiger partial charge in [-0.15, -0.1) is 11.8 Å². The lowest BCUT2D eigenvalue weighted by molar-refractivity contribution is -0.115. The second-order valence-electron chi connectivity index (χ2n) is 7.95. The van der Waals surface area contributed by atoms with Gasteiger partial charge in [0.25, 0.3) is 0 Å². The molecule has 36 heavy (non-hydrogen) atoms. The molecule has 0 saturated carbocycles. The zero-order valence-electron chi connectivity index (χ0n) is 19.8. The van der Waals surface area contributed by atoms with Crippen LogP contribution in [0.15, 0.2) is 78.0 Å². The predicted octanol–water partition coefficient (Wildman–Crippen LogP) is 6.77. The Kier molecular flexibility index (Phi) is 8.21. The average Bonchev–Trinajstić information content (AvgIpc) is 2.90. The highest BCUT2D eigenvalue weighted by Gasteiger charge is 2.17. The molecule has 4 rings (SSSR count). The van der Waals surface area contributed by atoms with E-state index in [1.807, 2.05) is 61.5 Å². The summed E-state index contributed by atoms with van der Waals surface area (Å²) in [4.78, 5) is 21.3. The van der Waals surface area contributed by atoms with Crippen LogP contribution in [0, 0.1) is 18.3 Å². The molecule has 0 aliphatic rings. The fourth-order valence-electron chi connectivity index (χ4n) is 3.50. The molecule has 0 unspecified atom stereocenters. The number of thioether (sulfide) groups is 1. The van der Waals surface area contributed by atoms with Gasteiger partial charge < -0.3 is 10.1 Å². The van der Waals surface area contributed by atoms with Crippen LogP contribution in [0.2, 0.25) is 5.02 Å². The van der Waals surface area contributed by atoms with Crippen molar-refractivity contribution in [2.75, 3.05) is 18.2 Å². The quantitative estimate of drug-likeness (QED) is 0.261. The van der Waals surface area contributed by atoms with Crippen LogP contribution in [0.1, 0.15) is 17.5 Å². The van der Waals surface area contributed by atoms with E-state index in [-0.39, 0.29) is 12.3 Å². The second-order valence-corrected chi connectivity index (χ2v) is 9.47. The van der Waals surface area contributed by atoms with Crippen molar-refractivity contribution in [3.8, 4) is 34.2 Å². The van der Waals surface area contributed by atoms with E-state index in [0.717, 1.165) is 33.7 Å². The van der Waals surface area contributed by atoms with Crippen LogP contribution >= 0.6 is 23.4 Å². The fraction of sp³-hybridized carbons (Fsp3) is 0.143. The van der Waals surface area contributed by atoms with Gasteiger partial charge in [-0.05, 0) is 55.0 Å². The summed E-state index contributed by atoms with van der Waals surface area (Å²) < 4.78 is 5.28. The molecule has 0 radical (unpaired) electrons. The number of carbonyl (C=O) groups is 1. The Morgan fingerprint density at radius 1 is 1.08 bits per heavy atom. The Labute approximate surface area is 219 Å². The number of hydrogen-bond acceptors (Lipinski definition) is 6. The summed E-state index contributed by atoms with van der Waals surface area (Å²) in [6.07, 6.45) is 1.71. The monoisotopic (exact) mass is 514 g/mol. The van der Waals surface area contributed by atoms with Gasteiger partial charge in [-0.3, -0.25) is 4.79 Å². The van der Waals surface area contributed by atoms with E-state index in [4.69, 9.17) is 21.3 Å². The van der Waals surface area contributed by atoms with E-state index < -0.39 is 0 Å². The molecule has 0 spiro atoms. The van der Waals surface area contributed by atoms with Crippen molar-refractivity contribution in [1.29, 1.82) is 5.26 Å². The molecule has 0 aliphatic heterocycles. The van der Waals surface area contributed by atoms with Crippen LogP contribution in [-0.2, 0) is 4.79 Å². The number of aromatic nitrogens is 2. The van der Waals surface area contributed by atoms with Crippen LogP contribution in [0.3, 0.4) is 0 Å². The third-order valence-corrected chi connectivity index (χ3v) is 6.61. The summed E-state index contributed by atoms with van der Waals surface area (Å²) >= 11 is 7.23. The standard InChI is InChI=1S/C28H23ClN4O2S/c1-18-3-5-19(6-4-18)23-15-25(20-7-10-22(35-2)11-8-20)32-28(24(23)16-30)36-14-13-27(34)33-26-12-9-21(29)17-31-26/h3-12,15,17H,13-14H2,1-2H3,(H,31,33,34). The van der Waals surface area contributed by atoms with E-state index in [1.165, 1.54) is 18.0 Å². The van der Waals surface area contributed by atoms with Crippen molar-refractivity contribution >= 4 is 35.1 Å². The van der Waals surface area contributed by atoms with E-state index in [1.54, 1.807) is 19.2 Å². The average molecular weight is 515 g/mol. The molecule has 8 heteroatoms. The molecule has 0 saturated heterocycles. The van der Waals surface area contributed by atoms with E-state index in [9.17, 15) is 10.1 Å². The number of pyridine rings is 2. The molecule has 2 heterocycles. The first-order chi connectivity index (χ1) is 17.5. The molecule has 0 atom stereocenters. The van der Waals surface area contributed by atoms with Crippen molar-refractivity contribution in [2.24, 2.45) is 0 Å². The molecule has 0 aliphatic carbocycles. The number of ether oxygens (including phenoxy) is 1. The molecule has 1 N–H and O–H groups in total. The highest BCUT2D eigenvalue weighted by atomic mass is 35.5. The number of hydrogen-bond donors (Lipinski definition) is 1. The van der Waals surface area contributed by atoms with Crippen molar-refractivity contribution in [3.05, 3.63) is 89.1 Å². The Morgan fingerprint density at radius 2 is 1.81 bits per heavy atom. The summed E-state index contributed by atoms with van der Waals surface area (Å²) in [5.41, 5.74) is 5.00. The van der Waals surface area contributed by atoms with Gasteiger partial charge in [-0.1, -0.05) is 41.4 Å². The molecular formula is C28H23ClN4O2S. The van der Waals surface area contributed by atoms with Crippen molar-refractivity contribution in [1.82, 2.24) is 9.97 Å². The molecule has 1 amide bonds. The maximum absolute atomic E-state index is 12.4. The Balaban J connectivity index is 1.61. The van der Waals surface area contributed by atoms with Crippen LogP contribution < -0.4 is 10.1 Å². The number of nitrogens with one attached hydrogen (secondary N) is 1. The zero-order valence-corrected chi connectivity index (χ0v) is 21.4. The maximum Gasteiger partial charge on any atom is 0.226 e. The molecule has 2 aromatic heterocycles. The summed E-state index contributed by atoms with van der Waals surface area (Å²) in [5.74, 6) is 1.46. The number of amides is 1. The lowest BCUT2D eigenvalue weighted by atomic mass is 9.98. The van der Waals surface area contributed by atoms with Gasteiger partial charge in [0.05, 0.1) is 23.4 Å². The van der Waals surface area contributed by atoms with Gasteiger partial charge in [0, 0.05) is 29.5 Å². The predicted molar refractivity (Wildman–Crippen MR) is 144 cm³/mol. The minimum Gasteiger partial charge on any atom is -0.497 e. The van der Waals surface area contributed by atoms with Crippen molar-refractivity contribution in [2.45, 2.75) is 18.4 Å². The van der Waals surface area contributed by atoms with Gasteiger partial charge in [-0.25, -0.2) is 9.97 Å². The summed E-state index contributed by atoms with van der Waals surface area (Å²) in [6, 6.07) is 23.3. The summed E-state index contributed by atoms with van der Waals surface area (Å²) in [5, 5.41) is 13.9. The van der Waals surface area contributed by atoms with Gasteiger partial charge in [0.2, 0.25) is 5.91 Å². The number of anilines is 1. The lowest BCUT2D eigenvalue weighted by Gasteiger charge is -2.13. The van der Waals surface area contributed by atoms with Gasteiger partial charge >= 0.3 is 0 Å². The van der Waals surface area contributed by atoms with Gasteiger partial charge in [0.1, 0.15) is 22.7 Å². The normalized spacial score (nSPS) is 10.5. The molecular weight excluding hydrogens is 492 g/mol. The van der Waals surface area contributed by atoms with Crippen LogP contribution in [-0.4, -0.2) is 28.7 Å². The molecule has 4 aromatic rings. The first-order valence-electron chi connectivity index (χ1n) is 11.2. The third kappa shape index (κ3) is 6.22. The number of nitrogens with zero attached hydrogens (tertiary/aromatic N) is 3. The number of nitriles is 1. The molecule has 2 aromatic carbocycles. The zero-order chi connectivity index (χ0) is 25.5. The van der Waals surface area contributed by atoms with Crippen molar-refractivity contribution in [3.63, 3.8) is 0 Å². The first kappa shape index (κ1) is 25.2. The minimum absolute atomic E-state index is 0.180. The SMILES string of the molecule is COc1ccc(-c2cc(-c3ccc(C)cc3)c(C#N)c(SCCC(=O)Nc3ccc(Cl)cn3)n2)cc1. The molecule has 0 bridgehead atoms. The van der Waals surface area contributed by atoms with E-state index in [2.05, 4.69) is 16.4 Å². The van der Waals surface area contributed by atoms with Crippen LogP contribution in [0.4, 0.5) is 5.82 Å². The first-order valence-corrected chi connectivity index (χ1v) is 12.5. The number of rotatable bonds is 8. The van der Waals surface area contributed by atoms with E-state index >= 15 is 0 Å².